The molecule has 0 bridgehead atoms. The number of para-hydroxylation sites is 1. The van der Waals surface area contributed by atoms with Gasteiger partial charge in [-0.15, -0.1) is 0 Å². The van der Waals surface area contributed by atoms with Gasteiger partial charge in [0.25, 0.3) is 5.91 Å². The van der Waals surface area contributed by atoms with E-state index in [-0.39, 0.29) is 11.3 Å². The molecule has 140 valence electrons. The first kappa shape index (κ1) is 18.5. The van der Waals surface area contributed by atoms with Gasteiger partial charge in [0, 0.05) is 19.4 Å². The second kappa shape index (κ2) is 7.94. The van der Waals surface area contributed by atoms with E-state index in [1.807, 2.05) is 0 Å². The van der Waals surface area contributed by atoms with Gasteiger partial charge in [-0.3, -0.25) is 4.79 Å². The molecule has 0 radical (unpaired) electrons. The average molecular weight is 375 g/mol. The van der Waals surface area contributed by atoms with Crippen LogP contribution < -0.4 is 10.1 Å². The summed E-state index contributed by atoms with van der Waals surface area (Å²) in [6.45, 7) is -3.05. The smallest absolute Gasteiger partial charge is 0.387 e. The van der Waals surface area contributed by atoms with Crippen molar-refractivity contribution in [3.8, 4) is 5.75 Å². The van der Waals surface area contributed by atoms with E-state index in [4.69, 9.17) is 0 Å². The topological polar surface area (TPSA) is 56.2 Å². The Balaban J connectivity index is 1.94. The molecule has 0 aliphatic heterocycles. The minimum atomic E-state index is -3.05. The van der Waals surface area contributed by atoms with Crippen LogP contribution in [0.2, 0.25) is 0 Å². The third-order valence-corrected chi connectivity index (χ3v) is 3.94. The van der Waals surface area contributed by atoms with Crippen LogP contribution in [0.1, 0.15) is 27.8 Å². The number of ether oxygens (including phenoxy) is 1. The van der Waals surface area contributed by atoms with Crippen molar-refractivity contribution in [3.63, 3.8) is 0 Å². The first-order valence-electron chi connectivity index (χ1n) is 8.03. The summed E-state index contributed by atoms with van der Waals surface area (Å²) in [5.74, 6) is -0.771. The second-order valence-corrected chi connectivity index (χ2v) is 5.73. The lowest BCUT2D eigenvalue weighted by Crippen LogP contribution is -2.31. The van der Waals surface area contributed by atoms with Crippen LogP contribution >= 0.6 is 0 Å². The normalized spacial score (nSPS) is 12.0. The zero-order valence-electron chi connectivity index (χ0n) is 14.3. The van der Waals surface area contributed by atoms with E-state index >= 15 is 0 Å². The predicted octanol–water partition coefficient (Wildman–Crippen LogP) is 3.68. The van der Waals surface area contributed by atoms with Gasteiger partial charge in [0.1, 0.15) is 23.4 Å². The molecule has 3 aromatic rings. The molecule has 1 unspecified atom stereocenters. The largest absolute Gasteiger partial charge is 0.434 e. The van der Waals surface area contributed by atoms with Crippen LogP contribution in [0.25, 0.3) is 0 Å². The molecule has 0 saturated carbocycles. The molecule has 0 spiro atoms. The number of nitrogens with one attached hydrogen (secondary N) is 1. The molecular weight excluding hydrogens is 359 g/mol. The predicted molar refractivity (Wildman–Crippen MR) is 92.0 cm³/mol. The Morgan fingerprint density at radius 3 is 2.48 bits per heavy atom. The van der Waals surface area contributed by atoms with Crippen molar-refractivity contribution < 1.29 is 22.7 Å². The molecule has 0 aliphatic carbocycles. The van der Waals surface area contributed by atoms with E-state index in [9.17, 15) is 18.0 Å². The minimum Gasteiger partial charge on any atom is -0.434 e. The summed E-state index contributed by atoms with van der Waals surface area (Å²) in [5, 5.41) is 2.76. The van der Waals surface area contributed by atoms with Gasteiger partial charge < -0.3 is 14.6 Å². The summed E-state index contributed by atoms with van der Waals surface area (Å²) in [7, 11) is 1.75. The highest BCUT2D eigenvalue weighted by molar-refractivity contribution is 5.97. The van der Waals surface area contributed by atoms with Crippen molar-refractivity contribution in [2.75, 3.05) is 0 Å². The number of halogens is 3. The number of imidazole rings is 1. The highest BCUT2D eigenvalue weighted by Crippen LogP contribution is 2.24. The highest BCUT2D eigenvalue weighted by atomic mass is 19.3. The monoisotopic (exact) mass is 375 g/mol. The Labute approximate surface area is 153 Å². The fourth-order valence-corrected chi connectivity index (χ4v) is 2.67. The molecule has 3 rings (SSSR count). The van der Waals surface area contributed by atoms with Crippen LogP contribution in [0.5, 0.6) is 5.75 Å². The number of hydrogen-bond acceptors (Lipinski definition) is 3. The van der Waals surface area contributed by atoms with Gasteiger partial charge in [0.15, 0.2) is 0 Å². The van der Waals surface area contributed by atoms with Gasteiger partial charge in [-0.05, 0) is 29.8 Å². The van der Waals surface area contributed by atoms with Crippen molar-refractivity contribution in [1.29, 1.82) is 0 Å². The van der Waals surface area contributed by atoms with Crippen molar-refractivity contribution >= 4 is 5.91 Å². The summed E-state index contributed by atoms with van der Waals surface area (Å²) < 4.78 is 44.6. The van der Waals surface area contributed by atoms with Crippen LogP contribution in [0.3, 0.4) is 0 Å². The molecule has 27 heavy (non-hydrogen) atoms. The number of hydrogen-bond donors (Lipinski definition) is 1. The fraction of sp³-hybridized carbons (Fsp3) is 0.158. The number of nitrogens with zero attached hydrogens (tertiary/aromatic N) is 2. The van der Waals surface area contributed by atoms with Crippen LogP contribution in [0, 0.1) is 5.82 Å². The molecule has 1 aromatic heterocycles. The molecule has 1 amide bonds. The number of rotatable bonds is 6. The molecule has 2 aromatic carbocycles. The molecule has 1 atom stereocenters. The third-order valence-electron chi connectivity index (χ3n) is 3.94. The fourth-order valence-electron chi connectivity index (χ4n) is 2.67. The van der Waals surface area contributed by atoms with Gasteiger partial charge >= 0.3 is 6.61 Å². The van der Waals surface area contributed by atoms with E-state index in [1.54, 1.807) is 30.1 Å². The molecule has 5 nitrogen and oxygen atoms in total. The second-order valence-electron chi connectivity index (χ2n) is 5.73. The minimum absolute atomic E-state index is 0.0425. The standard InChI is InChI=1S/C19H16F3N3O2/c1-25-11-10-23-17(25)16(12-6-8-13(20)9-7-12)24-18(26)14-4-2-3-5-15(14)27-19(21)22/h2-11,16,19H,1H3,(H,24,26). The van der Waals surface area contributed by atoms with E-state index in [1.165, 1.54) is 42.5 Å². The van der Waals surface area contributed by atoms with Crippen LogP contribution in [0.4, 0.5) is 13.2 Å². The quantitative estimate of drug-likeness (QED) is 0.715. The number of carbonyl (C=O) groups excluding carboxylic acids is 1. The van der Waals surface area contributed by atoms with Gasteiger partial charge in [-0.1, -0.05) is 24.3 Å². The van der Waals surface area contributed by atoms with Crippen molar-refractivity contribution in [2.24, 2.45) is 7.05 Å². The van der Waals surface area contributed by atoms with E-state index in [0.29, 0.717) is 11.4 Å². The maximum atomic E-state index is 13.3. The third kappa shape index (κ3) is 4.28. The zero-order chi connectivity index (χ0) is 19.4. The lowest BCUT2D eigenvalue weighted by Gasteiger charge is -2.20. The maximum Gasteiger partial charge on any atom is 0.387 e. The van der Waals surface area contributed by atoms with Crippen molar-refractivity contribution in [2.45, 2.75) is 12.7 Å². The molecule has 1 heterocycles. The summed E-state index contributed by atoms with van der Waals surface area (Å²) in [6, 6.07) is 10.6. The molecule has 0 fully saturated rings. The number of carbonyl (C=O) groups is 1. The van der Waals surface area contributed by atoms with Crippen LogP contribution in [-0.4, -0.2) is 22.1 Å². The van der Waals surface area contributed by atoms with Crippen LogP contribution in [0.15, 0.2) is 60.9 Å². The molecule has 8 heteroatoms. The molecule has 0 saturated heterocycles. The number of aromatic nitrogens is 2. The Hall–Kier alpha value is -3.29. The van der Waals surface area contributed by atoms with E-state index in [2.05, 4.69) is 15.0 Å². The van der Waals surface area contributed by atoms with Crippen molar-refractivity contribution in [1.82, 2.24) is 14.9 Å². The Kier molecular flexibility index (Phi) is 5.44. The Bertz CT molecular complexity index is 926. The average Bonchev–Trinajstić information content (AvgIpc) is 3.06. The molecule has 1 N–H and O–H groups in total. The summed E-state index contributed by atoms with van der Waals surface area (Å²) in [6.07, 6.45) is 3.26. The van der Waals surface area contributed by atoms with Gasteiger partial charge in [-0.25, -0.2) is 9.37 Å². The summed E-state index contributed by atoms with van der Waals surface area (Å²) in [5.41, 5.74) is 0.547. The van der Waals surface area contributed by atoms with Gasteiger partial charge in [0.05, 0.1) is 5.56 Å². The maximum absolute atomic E-state index is 13.3. The number of amides is 1. The summed E-state index contributed by atoms with van der Waals surface area (Å²) in [4.78, 5) is 17.0. The molecular formula is C19H16F3N3O2. The van der Waals surface area contributed by atoms with Crippen molar-refractivity contribution in [3.05, 3.63) is 83.7 Å². The summed E-state index contributed by atoms with van der Waals surface area (Å²) >= 11 is 0. The Morgan fingerprint density at radius 2 is 1.85 bits per heavy atom. The van der Waals surface area contributed by atoms with E-state index in [0.717, 1.165) is 0 Å². The van der Waals surface area contributed by atoms with Gasteiger partial charge in [0.2, 0.25) is 0 Å². The zero-order valence-corrected chi connectivity index (χ0v) is 14.3. The number of benzene rings is 2. The lowest BCUT2D eigenvalue weighted by atomic mass is 10.0. The molecule has 0 aliphatic rings. The number of aryl methyl sites for hydroxylation is 1. The number of alkyl halides is 2. The first-order chi connectivity index (χ1) is 13.0. The SMILES string of the molecule is Cn1ccnc1C(NC(=O)c1ccccc1OC(F)F)c1ccc(F)cc1. The highest BCUT2D eigenvalue weighted by Gasteiger charge is 2.23. The van der Waals surface area contributed by atoms with E-state index < -0.39 is 24.4 Å². The lowest BCUT2D eigenvalue weighted by molar-refractivity contribution is -0.0501. The van der Waals surface area contributed by atoms with Gasteiger partial charge in [-0.2, -0.15) is 8.78 Å². The van der Waals surface area contributed by atoms with Crippen LogP contribution in [-0.2, 0) is 7.05 Å². The first-order valence-corrected chi connectivity index (χ1v) is 8.03. The Morgan fingerprint density at radius 1 is 1.15 bits per heavy atom.